The largest absolute Gasteiger partial charge is 0.392 e. The van der Waals surface area contributed by atoms with E-state index in [0.29, 0.717) is 26.2 Å². The predicted octanol–water partition coefficient (Wildman–Crippen LogP) is 1.88. The van der Waals surface area contributed by atoms with Gasteiger partial charge in [-0.25, -0.2) is 0 Å². The molecule has 1 aliphatic heterocycles. The number of ether oxygens (including phenoxy) is 1. The lowest BCUT2D eigenvalue weighted by Gasteiger charge is -2.56. The van der Waals surface area contributed by atoms with Crippen LogP contribution in [0.3, 0.4) is 0 Å². The number of piperidine rings is 1. The van der Waals surface area contributed by atoms with Gasteiger partial charge in [-0.2, -0.15) is 0 Å². The maximum absolute atomic E-state index is 12.3. The first kappa shape index (κ1) is 16.3. The monoisotopic (exact) mass is 318 g/mol. The highest BCUT2D eigenvalue weighted by atomic mass is 16.5. The minimum absolute atomic E-state index is 0.116. The summed E-state index contributed by atoms with van der Waals surface area (Å²) in [5, 5.41) is 13.4. The van der Waals surface area contributed by atoms with Crippen LogP contribution in [0.15, 0.2) is 30.3 Å². The number of nitrogens with zero attached hydrogens (tertiary/aromatic N) is 1. The second kappa shape index (κ2) is 6.89. The van der Waals surface area contributed by atoms with E-state index in [1.807, 2.05) is 42.2 Å². The van der Waals surface area contributed by atoms with Crippen molar-refractivity contribution in [3.8, 4) is 0 Å². The third kappa shape index (κ3) is 3.21. The minimum atomic E-state index is -0.279. The summed E-state index contributed by atoms with van der Waals surface area (Å²) < 4.78 is 5.77. The molecule has 2 unspecified atom stereocenters. The topological polar surface area (TPSA) is 61.8 Å². The third-order valence-electron chi connectivity index (χ3n) is 5.37. The third-order valence-corrected chi connectivity index (χ3v) is 5.37. The van der Waals surface area contributed by atoms with Gasteiger partial charge in [0.2, 0.25) is 5.91 Å². The number of aliphatic hydroxyl groups excluding tert-OH is 1. The molecule has 1 saturated carbocycles. The summed E-state index contributed by atoms with van der Waals surface area (Å²) in [6.45, 7) is 4.40. The lowest BCUT2D eigenvalue weighted by molar-refractivity contribution is -0.209. The number of likely N-dealkylation sites (tertiary alicyclic amines) is 1. The van der Waals surface area contributed by atoms with Gasteiger partial charge in [0.15, 0.2) is 0 Å². The van der Waals surface area contributed by atoms with Gasteiger partial charge < -0.3 is 20.1 Å². The van der Waals surface area contributed by atoms with Crippen LogP contribution in [0.1, 0.15) is 26.2 Å². The Balaban J connectivity index is 1.49. The Morgan fingerprint density at radius 3 is 2.65 bits per heavy atom. The van der Waals surface area contributed by atoms with Gasteiger partial charge in [-0.05, 0) is 31.9 Å². The summed E-state index contributed by atoms with van der Waals surface area (Å²) in [6.07, 6.45) is 2.27. The van der Waals surface area contributed by atoms with Gasteiger partial charge in [-0.3, -0.25) is 4.79 Å². The van der Waals surface area contributed by atoms with Crippen LogP contribution in [0, 0.1) is 5.41 Å². The molecular formula is C18H26N2O3. The Hall–Kier alpha value is -1.59. The van der Waals surface area contributed by atoms with Crippen LogP contribution < -0.4 is 5.32 Å². The maximum atomic E-state index is 12.3. The zero-order valence-corrected chi connectivity index (χ0v) is 13.7. The second-order valence-corrected chi connectivity index (χ2v) is 6.53. The SMILES string of the molecule is CCOC1CC(O)C12CCN(C(=O)CNc1ccccc1)CC2. The molecule has 1 aliphatic carbocycles. The zero-order chi connectivity index (χ0) is 16.3. The van der Waals surface area contributed by atoms with E-state index in [2.05, 4.69) is 5.32 Å². The normalized spacial score (nSPS) is 25.9. The molecule has 126 valence electrons. The standard InChI is InChI=1S/C18H26N2O3/c1-2-23-16-12-15(21)18(16)8-10-20(11-9-18)17(22)13-19-14-6-4-3-5-7-14/h3-7,15-16,19,21H,2,8-13H2,1H3. The first-order valence-corrected chi connectivity index (χ1v) is 8.52. The van der Waals surface area contributed by atoms with Gasteiger partial charge >= 0.3 is 0 Å². The van der Waals surface area contributed by atoms with E-state index in [0.717, 1.165) is 24.9 Å². The molecular weight excluding hydrogens is 292 g/mol. The summed E-state index contributed by atoms with van der Waals surface area (Å²) in [5.74, 6) is 0.116. The maximum Gasteiger partial charge on any atom is 0.241 e. The van der Waals surface area contributed by atoms with Gasteiger partial charge in [-0.15, -0.1) is 0 Å². The number of para-hydroxylation sites is 1. The predicted molar refractivity (Wildman–Crippen MR) is 89.2 cm³/mol. The number of hydrogen-bond acceptors (Lipinski definition) is 4. The van der Waals surface area contributed by atoms with Crippen molar-refractivity contribution in [3.05, 3.63) is 30.3 Å². The molecule has 1 aromatic carbocycles. The molecule has 5 nitrogen and oxygen atoms in total. The molecule has 1 heterocycles. The molecule has 2 aliphatic rings. The number of amides is 1. The lowest BCUT2D eigenvalue weighted by Crippen LogP contribution is -2.63. The van der Waals surface area contributed by atoms with Gasteiger partial charge in [0.1, 0.15) is 0 Å². The minimum Gasteiger partial charge on any atom is -0.392 e. The van der Waals surface area contributed by atoms with Crippen LogP contribution in [0.2, 0.25) is 0 Å². The molecule has 23 heavy (non-hydrogen) atoms. The average molecular weight is 318 g/mol. The van der Waals surface area contributed by atoms with Crippen molar-refractivity contribution in [2.75, 3.05) is 31.6 Å². The highest BCUT2D eigenvalue weighted by molar-refractivity contribution is 5.81. The number of nitrogens with one attached hydrogen (secondary N) is 1. The quantitative estimate of drug-likeness (QED) is 0.870. The number of anilines is 1. The first-order valence-electron chi connectivity index (χ1n) is 8.52. The van der Waals surface area contributed by atoms with Crippen molar-refractivity contribution < 1.29 is 14.6 Å². The second-order valence-electron chi connectivity index (χ2n) is 6.53. The smallest absolute Gasteiger partial charge is 0.241 e. The molecule has 0 aromatic heterocycles. The molecule has 2 N–H and O–H groups in total. The fraction of sp³-hybridized carbons (Fsp3) is 0.611. The van der Waals surface area contributed by atoms with E-state index >= 15 is 0 Å². The number of aliphatic hydroxyl groups is 1. The van der Waals surface area contributed by atoms with Crippen molar-refractivity contribution >= 4 is 11.6 Å². The number of hydrogen-bond donors (Lipinski definition) is 2. The number of benzene rings is 1. The molecule has 0 radical (unpaired) electrons. The van der Waals surface area contributed by atoms with Crippen molar-refractivity contribution in [1.29, 1.82) is 0 Å². The highest BCUT2D eigenvalue weighted by Gasteiger charge is 2.56. The number of rotatable bonds is 5. The molecule has 2 fully saturated rings. The molecule has 1 saturated heterocycles. The molecule has 5 heteroatoms. The molecule has 1 amide bonds. The summed E-state index contributed by atoms with van der Waals surface area (Å²) in [7, 11) is 0. The van der Waals surface area contributed by atoms with E-state index in [1.165, 1.54) is 0 Å². The average Bonchev–Trinajstić information content (AvgIpc) is 2.60. The Bertz CT molecular complexity index is 524. The first-order chi connectivity index (χ1) is 11.2. The van der Waals surface area contributed by atoms with Crippen LogP contribution in [-0.4, -0.2) is 54.4 Å². The Kier molecular flexibility index (Phi) is 4.87. The van der Waals surface area contributed by atoms with Crippen molar-refractivity contribution in [2.24, 2.45) is 5.41 Å². The fourth-order valence-corrected chi connectivity index (χ4v) is 3.83. The summed E-state index contributed by atoms with van der Waals surface area (Å²) in [6, 6.07) is 9.76. The Morgan fingerprint density at radius 1 is 1.35 bits per heavy atom. The van der Waals surface area contributed by atoms with Gasteiger partial charge in [0, 0.05) is 37.2 Å². The van der Waals surface area contributed by atoms with E-state index in [4.69, 9.17) is 4.74 Å². The van der Waals surface area contributed by atoms with Crippen LogP contribution in [-0.2, 0) is 9.53 Å². The summed E-state index contributed by atoms with van der Waals surface area (Å²) in [4.78, 5) is 14.2. The van der Waals surface area contributed by atoms with Crippen molar-refractivity contribution in [1.82, 2.24) is 4.90 Å². The van der Waals surface area contributed by atoms with E-state index in [9.17, 15) is 9.90 Å². The molecule has 1 spiro atoms. The number of carbonyl (C=O) groups excluding carboxylic acids is 1. The van der Waals surface area contributed by atoms with E-state index < -0.39 is 0 Å². The number of carbonyl (C=O) groups is 1. The van der Waals surface area contributed by atoms with Crippen LogP contribution in [0.5, 0.6) is 0 Å². The van der Waals surface area contributed by atoms with Gasteiger partial charge in [0.05, 0.1) is 18.8 Å². The van der Waals surface area contributed by atoms with Crippen molar-refractivity contribution in [3.63, 3.8) is 0 Å². The van der Waals surface area contributed by atoms with Crippen LogP contribution in [0.4, 0.5) is 5.69 Å². The molecule has 0 bridgehead atoms. The molecule has 2 atom stereocenters. The Morgan fingerprint density at radius 2 is 2.04 bits per heavy atom. The Labute approximate surface area is 137 Å². The highest BCUT2D eigenvalue weighted by Crippen LogP contribution is 2.50. The molecule has 1 aromatic rings. The summed E-state index contributed by atoms with van der Waals surface area (Å²) >= 11 is 0. The summed E-state index contributed by atoms with van der Waals surface area (Å²) in [5.41, 5.74) is 0.833. The lowest BCUT2D eigenvalue weighted by atomic mass is 9.58. The van der Waals surface area contributed by atoms with Crippen LogP contribution in [0.25, 0.3) is 0 Å². The van der Waals surface area contributed by atoms with Gasteiger partial charge in [0.25, 0.3) is 0 Å². The fourth-order valence-electron chi connectivity index (χ4n) is 3.83. The zero-order valence-electron chi connectivity index (χ0n) is 13.7. The van der Waals surface area contributed by atoms with Crippen molar-refractivity contribution in [2.45, 2.75) is 38.4 Å². The molecule has 3 rings (SSSR count). The van der Waals surface area contributed by atoms with Crippen LogP contribution >= 0.6 is 0 Å². The van der Waals surface area contributed by atoms with E-state index in [-0.39, 0.29) is 23.5 Å². The van der Waals surface area contributed by atoms with E-state index in [1.54, 1.807) is 0 Å². The van der Waals surface area contributed by atoms with Gasteiger partial charge in [-0.1, -0.05) is 18.2 Å².